The first kappa shape index (κ1) is 25.8. The molecule has 0 atom stereocenters. The third-order valence-electron chi connectivity index (χ3n) is 4.70. The third-order valence-corrected chi connectivity index (χ3v) is 4.70. The van der Waals surface area contributed by atoms with Gasteiger partial charge in [-0.25, -0.2) is 14.4 Å². The Kier molecular flexibility index (Phi) is 9.00. The quantitative estimate of drug-likeness (QED) is 0.159. The van der Waals surface area contributed by atoms with Crippen LogP contribution in [0.1, 0.15) is 17.3 Å². The molecule has 0 aromatic heterocycles. The molecule has 184 valence electrons. The summed E-state index contributed by atoms with van der Waals surface area (Å²) >= 11 is 0. The third kappa shape index (κ3) is 7.59. The Morgan fingerprint density at radius 3 is 1.69 bits per heavy atom. The van der Waals surface area contributed by atoms with E-state index in [0.29, 0.717) is 22.8 Å². The van der Waals surface area contributed by atoms with Gasteiger partial charge in [0.25, 0.3) is 0 Å². The maximum absolute atomic E-state index is 12.5. The molecule has 8 nitrogen and oxygen atoms in total. The van der Waals surface area contributed by atoms with Gasteiger partial charge in [0.05, 0.1) is 5.56 Å². The van der Waals surface area contributed by atoms with Crippen molar-refractivity contribution in [2.75, 3.05) is 13.6 Å². The van der Waals surface area contributed by atoms with Gasteiger partial charge in [-0.2, -0.15) is 0 Å². The summed E-state index contributed by atoms with van der Waals surface area (Å²) in [5.41, 5.74) is 2.44. The van der Waals surface area contributed by atoms with E-state index < -0.39 is 17.9 Å². The number of esters is 3. The van der Waals surface area contributed by atoms with Gasteiger partial charge >= 0.3 is 17.9 Å². The Hall–Kier alpha value is -4.85. The monoisotopic (exact) mass is 488 g/mol. The van der Waals surface area contributed by atoms with Crippen LogP contribution in [0.5, 0.6) is 17.2 Å². The molecular formula is C28H24O8. The second kappa shape index (κ2) is 12.6. The zero-order valence-electron chi connectivity index (χ0n) is 19.6. The molecule has 0 N–H and O–H groups in total. The molecule has 0 unspecified atom stereocenters. The van der Waals surface area contributed by atoms with Crippen LogP contribution in [0.15, 0.2) is 97.6 Å². The molecule has 0 aliphatic rings. The number of carbonyl (C=O) groups is 3. The van der Waals surface area contributed by atoms with Gasteiger partial charge in [-0.1, -0.05) is 37.4 Å². The first-order valence-electron chi connectivity index (χ1n) is 10.8. The Morgan fingerprint density at radius 1 is 0.722 bits per heavy atom. The summed E-state index contributed by atoms with van der Waals surface area (Å²) in [4.78, 5) is 34.8. The van der Waals surface area contributed by atoms with E-state index in [9.17, 15) is 14.4 Å². The Morgan fingerprint density at radius 2 is 1.19 bits per heavy atom. The highest BCUT2D eigenvalue weighted by Gasteiger charge is 2.10. The zero-order chi connectivity index (χ0) is 25.9. The average Bonchev–Trinajstić information content (AvgIpc) is 2.89. The number of hydrogen-bond acceptors (Lipinski definition) is 8. The van der Waals surface area contributed by atoms with Gasteiger partial charge in [0.2, 0.25) is 13.6 Å². The van der Waals surface area contributed by atoms with Crippen molar-refractivity contribution in [3.05, 3.63) is 103 Å². The molecule has 0 spiro atoms. The highest BCUT2D eigenvalue weighted by Crippen LogP contribution is 2.25. The summed E-state index contributed by atoms with van der Waals surface area (Å²) < 4.78 is 25.7. The molecule has 0 aliphatic heterocycles. The molecule has 8 heteroatoms. The molecule has 3 aromatic carbocycles. The molecule has 0 bridgehead atoms. The standard InChI is InChI=1S/C28H24O8/c1-4-26(29)34-17-32-23-11-5-20(6-12-23)21-7-15-25(16-8-21)36-28(31)22-9-13-24(14-10-22)33-18-35-27(30)19(2)3/h4-16H,1-2,17-18H2,3H3. The Bertz CT molecular complexity index is 1230. The fourth-order valence-corrected chi connectivity index (χ4v) is 2.80. The van der Waals surface area contributed by atoms with Crippen molar-refractivity contribution in [1.82, 2.24) is 0 Å². The van der Waals surface area contributed by atoms with Gasteiger partial charge in [-0.05, 0) is 66.6 Å². The van der Waals surface area contributed by atoms with Crippen molar-refractivity contribution in [1.29, 1.82) is 0 Å². The lowest BCUT2D eigenvalue weighted by atomic mass is 10.1. The largest absolute Gasteiger partial charge is 0.457 e. The molecule has 0 amide bonds. The molecule has 3 rings (SSSR count). The molecule has 0 heterocycles. The predicted octanol–water partition coefficient (Wildman–Crippen LogP) is 5.09. The van der Waals surface area contributed by atoms with Crippen LogP contribution in [-0.2, 0) is 19.1 Å². The summed E-state index contributed by atoms with van der Waals surface area (Å²) in [5, 5.41) is 0. The van der Waals surface area contributed by atoms with Crippen LogP contribution in [0.25, 0.3) is 11.1 Å². The Labute approximate surface area is 208 Å². The molecule has 3 aromatic rings. The minimum atomic E-state index is -0.558. The first-order chi connectivity index (χ1) is 17.4. The Balaban J connectivity index is 1.51. The highest BCUT2D eigenvalue weighted by molar-refractivity contribution is 5.91. The van der Waals surface area contributed by atoms with Crippen LogP contribution in [0.2, 0.25) is 0 Å². The number of rotatable bonds is 11. The zero-order valence-corrected chi connectivity index (χ0v) is 19.6. The minimum Gasteiger partial charge on any atom is -0.457 e. The molecule has 0 radical (unpaired) electrons. The van der Waals surface area contributed by atoms with Gasteiger partial charge < -0.3 is 23.7 Å². The smallest absolute Gasteiger partial charge is 0.343 e. The van der Waals surface area contributed by atoms with Crippen LogP contribution in [0.3, 0.4) is 0 Å². The average molecular weight is 488 g/mol. The van der Waals surface area contributed by atoms with E-state index in [1.165, 1.54) is 0 Å². The van der Waals surface area contributed by atoms with E-state index in [0.717, 1.165) is 17.2 Å². The molecular weight excluding hydrogens is 464 g/mol. The second-order valence-electron chi connectivity index (χ2n) is 7.37. The molecule has 0 fully saturated rings. The van der Waals surface area contributed by atoms with Crippen molar-refractivity contribution < 1.29 is 38.1 Å². The van der Waals surface area contributed by atoms with Crippen molar-refractivity contribution in [2.45, 2.75) is 6.92 Å². The van der Waals surface area contributed by atoms with Gasteiger partial charge in [-0.15, -0.1) is 0 Å². The van der Waals surface area contributed by atoms with Crippen molar-refractivity contribution in [3.63, 3.8) is 0 Å². The molecule has 0 saturated carbocycles. The lowest BCUT2D eigenvalue weighted by Crippen LogP contribution is -2.11. The number of ether oxygens (including phenoxy) is 5. The van der Waals surface area contributed by atoms with Crippen LogP contribution < -0.4 is 14.2 Å². The SMILES string of the molecule is C=CC(=O)OCOc1ccc(-c2ccc(OC(=O)c3ccc(OCOC(=O)C(=C)C)cc3)cc2)cc1. The van der Waals surface area contributed by atoms with Gasteiger partial charge in [0, 0.05) is 11.6 Å². The van der Waals surface area contributed by atoms with E-state index in [1.807, 2.05) is 24.3 Å². The normalized spacial score (nSPS) is 10.0. The summed E-state index contributed by atoms with van der Waals surface area (Å²) in [6.07, 6.45) is 1.06. The van der Waals surface area contributed by atoms with Gasteiger partial charge in [0.1, 0.15) is 17.2 Å². The van der Waals surface area contributed by atoms with Crippen LogP contribution in [0.4, 0.5) is 0 Å². The lowest BCUT2D eigenvalue weighted by molar-refractivity contribution is -0.145. The van der Waals surface area contributed by atoms with E-state index in [4.69, 9.17) is 23.7 Å². The minimum absolute atomic E-state index is 0.203. The summed E-state index contributed by atoms with van der Waals surface area (Å²) in [7, 11) is 0. The fraction of sp³-hybridized carbons (Fsp3) is 0.107. The number of hydrogen-bond donors (Lipinski definition) is 0. The van der Waals surface area contributed by atoms with E-state index in [1.54, 1.807) is 55.5 Å². The fourth-order valence-electron chi connectivity index (χ4n) is 2.80. The van der Waals surface area contributed by atoms with Gasteiger partial charge in [-0.3, -0.25) is 0 Å². The summed E-state index contributed by atoms with van der Waals surface area (Å²) in [6, 6.07) is 20.5. The summed E-state index contributed by atoms with van der Waals surface area (Å²) in [5.74, 6) is -0.264. The van der Waals surface area contributed by atoms with Crippen LogP contribution in [-0.4, -0.2) is 31.5 Å². The maximum Gasteiger partial charge on any atom is 0.343 e. The first-order valence-corrected chi connectivity index (χ1v) is 10.8. The maximum atomic E-state index is 12.5. The van der Waals surface area contributed by atoms with Crippen LogP contribution in [0, 0.1) is 0 Å². The topological polar surface area (TPSA) is 97.4 Å². The molecule has 0 aliphatic carbocycles. The highest BCUT2D eigenvalue weighted by atomic mass is 16.7. The molecule has 36 heavy (non-hydrogen) atoms. The number of carbonyl (C=O) groups excluding carboxylic acids is 3. The second-order valence-corrected chi connectivity index (χ2v) is 7.37. The predicted molar refractivity (Wildman–Crippen MR) is 131 cm³/mol. The van der Waals surface area contributed by atoms with Gasteiger partial charge in [0.15, 0.2) is 0 Å². The lowest BCUT2D eigenvalue weighted by Gasteiger charge is -2.09. The van der Waals surface area contributed by atoms with Crippen molar-refractivity contribution in [2.24, 2.45) is 0 Å². The van der Waals surface area contributed by atoms with E-state index in [-0.39, 0.29) is 19.2 Å². The molecule has 0 saturated heterocycles. The van der Waals surface area contributed by atoms with Crippen molar-refractivity contribution >= 4 is 17.9 Å². The van der Waals surface area contributed by atoms with Crippen molar-refractivity contribution in [3.8, 4) is 28.4 Å². The number of benzene rings is 3. The summed E-state index contributed by atoms with van der Waals surface area (Å²) in [6.45, 7) is 7.87. The van der Waals surface area contributed by atoms with E-state index >= 15 is 0 Å². The van der Waals surface area contributed by atoms with E-state index in [2.05, 4.69) is 13.2 Å². The van der Waals surface area contributed by atoms with Crippen LogP contribution >= 0.6 is 0 Å².